The number of benzene rings is 1. The van der Waals surface area contributed by atoms with E-state index in [1.165, 1.54) is 0 Å². The Bertz CT molecular complexity index is 375. The fourth-order valence-electron chi connectivity index (χ4n) is 1.62. The molecule has 0 heterocycles. The largest absolute Gasteiger partial charge is 0.316 e. The molecule has 4 heteroatoms. The Morgan fingerprint density at radius 2 is 1.88 bits per heavy atom. The Hall–Kier alpha value is -1.42. The monoisotopic (exact) mass is 222 g/mol. The zero-order valence-electron chi connectivity index (χ0n) is 9.99. The molecule has 88 valence electrons. The normalized spacial score (nSPS) is 11.4. The van der Waals surface area contributed by atoms with Gasteiger partial charge in [0, 0.05) is 31.7 Å². The van der Waals surface area contributed by atoms with Gasteiger partial charge in [-0.2, -0.15) is 0 Å². The molecule has 0 saturated heterocycles. The van der Waals surface area contributed by atoms with E-state index < -0.39 is 5.54 Å². The molecule has 0 radical (unpaired) electrons. The van der Waals surface area contributed by atoms with Crippen LogP contribution in [0.25, 0.3) is 0 Å². The molecule has 0 saturated carbocycles. The van der Waals surface area contributed by atoms with Crippen molar-refractivity contribution in [2.24, 2.45) is 0 Å². The summed E-state index contributed by atoms with van der Waals surface area (Å²) in [6, 6.07) is 7.83. The van der Waals surface area contributed by atoms with E-state index in [0.29, 0.717) is 6.42 Å². The number of nitro groups is 1. The van der Waals surface area contributed by atoms with Crippen LogP contribution in [0.5, 0.6) is 0 Å². The second kappa shape index (κ2) is 5.07. The standard InChI is InChI=1S/C12H18N2O2/c1-12(2,14(15)16)8-10-6-4-5-7-11(10)9-13-3/h4-7,13H,8-9H2,1-3H3. The van der Waals surface area contributed by atoms with Crippen molar-refractivity contribution < 1.29 is 4.92 Å². The molecule has 0 atom stereocenters. The van der Waals surface area contributed by atoms with Crippen LogP contribution in [0, 0.1) is 10.1 Å². The Labute approximate surface area is 95.8 Å². The molecule has 0 aliphatic rings. The van der Waals surface area contributed by atoms with E-state index in [4.69, 9.17) is 0 Å². The van der Waals surface area contributed by atoms with Gasteiger partial charge in [-0.15, -0.1) is 0 Å². The number of hydrogen-bond acceptors (Lipinski definition) is 3. The molecule has 0 bridgehead atoms. The summed E-state index contributed by atoms with van der Waals surface area (Å²) in [5.74, 6) is 0. The molecule has 16 heavy (non-hydrogen) atoms. The minimum absolute atomic E-state index is 0.219. The van der Waals surface area contributed by atoms with Crippen molar-refractivity contribution in [3.05, 3.63) is 45.5 Å². The fourth-order valence-corrected chi connectivity index (χ4v) is 1.62. The van der Waals surface area contributed by atoms with Gasteiger partial charge in [0.1, 0.15) is 0 Å². The van der Waals surface area contributed by atoms with Crippen LogP contribution in [-0.2, 0) is 13.0 Å². The zero-order valence-corrected chi connectivity index (χ0v) is 9.99. The summed E-state index contributed by atoms with van der Waals surface area (Å²) in [5.41, 5.74) is 1.25. The highest BCUT2D eigenvalue weighted by Gasteiger charge is 2.31. The van der Waals surface area contributed by atoms with Crippen LogP contribution < -0.4 is 5.32 Å². The summed E-state index contributed by atoms with van der Waals surface area (Å²) in [7, 11) is 1.87. The zero-order chi connectivity index (χ0) is 12.2. The Morgan fingerprint density at radius 3 is 2.38 bits per heavy atom. The topological polar surface area (TPSA) is 55.2 Å². The predicted molar refractivity (Wildman–Crippen MR) is 64.0 cm³/mol. The minimum Gasteiger partial charge on any atom is -0.316 e. The fraction of sp³-hybridized carbons (Fsp3) is 0.500. The molecule has 0 fully saturated rings. The summed E-state index contributed by atoms with van der Waals surface area (Å²) in [4.78, 5) is 10.7. The molecule has 1 rings (SSSR count). The molecular weight excluding hydrogens is 204 g/mol. The average molecular weight is 222 g/mol. The van der Waals surface area contributed by atoms with Crippen LogP contribution in [0.2, 0.25) is 0 Å². The molecule has 0 aliphatic heterocycles. The lowest BCUT2D eigenvalue weighted by Gasteiger charge is -2.17. The lowest BCUT2D eigenvalue weighted by molar-refractivity contribution is -0.560. The van der Waals surface area contributed by atoms with Gasteiger partial charge in [0.2, 0.25) is 5.54 Å². The van der Waals surface area contributed by atoms with Crippen LogP contribution in [0.15, 0.2) is 24.3 Å². The van der Waals surface area contributed by atoms with E-state index in [0.717, 1.165) is 17.7 Å². The molecule has 4 nitrogen and oxygen atoms in total. The Balaban J connectivity index is 2.92. The SMILES string of the molecule is CNCc1ccccc1CC(C)(C)[N+](=O)[O-]. The summed E-state index contributed by atoms with van der Waals surface area (Å²) in [6.45, 7) is 4.05. The molecule has 1 N–H and O–H groups in total. The van der Waals surface area contributed by atoms with Crippen molar-refractivity contribution in [1.82, 2.24) is 5.32 Å². The molecule has 0 unspecified atom stereocenters. The van der Waals surface area contributed by atoms with Crippen molar-refractivity contribution in [1.29, 1.82) is 0 Å². The first kappa shape index (κ1) is 12.6. The third-order valence-corrected chi connectivity index (χ3v) is 2.60. The summed E-state index contributed by atoms with van der Waals surface area (Å²) >= 11 is 0. The van der Waals surface area contributed by atoms with Gasteiger partial charge >= 0.3 is 0 Å². The molecule has 1 aromatic carbocycles. The number of nitrogens with zero attached hydrogens (tertiary/aromatic N) is 1. The first-order chi connectivity index (χ1) is 7.47. The number of hydrogen-bond donors (Lipinski definition) is 1. The van der Waals surface area contributed by atoms with Gasteiger partial charge in [0.05, 0.1) is 0 Å². The molecule has 0 aromatic heterocycles. The second-order valence-corrected chi connectivity index (χ2v) is 4.55. The average Bonchev–Trinajstić information content (AvgIpc) is 2.20. The first-order valence-electron chi connectivity index (χ1n) is 5.33. The third kappa shape index (κ3) is 3.03. The maximum Gasteiger partial charge on any atom is 0.220 e. The Kier molecular flexibility index (Phi) is 4.01. The van der Waals surface area contributed by atoms with E-state index in [-0.39, 0.29) is 4.92 Å². The molecule has 0 spiro atoms. The van der Waals surface area contributed by atoms with E-state index in [2.05, 4.69) is 5.32 Å². The highest BCUT2D eigenvalue weighted by molar-refractivity contribution is 5.28. The highest BCUT2D eigenvalue weighted by atomic mass is 16.6. The highest BCUT2D eigenvalue weighted by Crippen LogP contribution is 2.19. The van der Waals surface area contributed by atoms with Crippen LogP contribution in [0.1, 0.15) is 25.0 Å². The number of nitrogens with one attached hydrogen (secondary N) is 1. The second-order valence-electron chi connectivity index (χ2n) is 4.55. The van der Waals surface area contributed by atoms with Crippen LogP contribution in [-0.4, -0.2) is 17.5 Å². The van der Waals surface area contributed by atoms with Crippen molar-refractivity contribution in [3.8, 4) is 0 Å². The molecule has 0 aliphatic carbocycles. The summed E-state index contributed by atoms with van der Waals surface area (Å²) < 4.78 is 0. The maximum atomic E-state index is 10.9. The van der Waals surface area contributed by atoms with Gasteiger partial charge in [0.15, 0.2) is 0 Å². The molecule has 1 aromatic rings. The van der Waals surface area contributed by atoms with Gasteiger partial charge in [-0.1, -0.05) is 24.3 Å². The lowest BCUT2D eigenvalue weighted by Crippen LogP contribution is -2.33. The van der Waals surface area contributed by atoms with E-state index in [1.54, 1.807) is 13.8 Å². The van der Waals surface area contributed by atoms with Crippen LogP contribution >= 0.6 is 0 Å². The van der Waals surface area contributed by atoms with E-state index >= 15 is 0 Å². The minimum atomic E-state index is -0.913. The van der Waals surface area contributed by atoms with E-state index in [9.17, 15) is 10.1 Å². The van der Waals surface area contributed by atoms with Crippen molar-refractivity contribution in [2.45, 2.75) is 32.4 Å². The van der Waals surface area contributed by atoms with Gasteiger partial charge in [-0.3, -0.25) is 10.1 Å². The van der Waals surface area contributed by atoms with Crippen molar-refractivity contribution in [3.63, 3.8) is 0 Å². The maximum absolute atomic E-state index is 10.9. The van der Waals surface area contributed by atoms with Gasteiger partial charge < -0.3 is 5.32 Å². The predicted octanol–water partition coefficient (Wildman–Crippen LogP) is 2.00. The Morgan fingerprint density at radius 1 is 1.31 bits per heavy atom. The smallest absolute Gasteiger partial charge is 0.220 e. The number of rotatable bonds is 5. The van der Waals surface area contributed by atoms with Crippen molar-refractivity contribution >= 4 is 0 Å². The van der Waals surface area contributed by atoms with Crippen LogP contribution in [0.4, 0.5) is 0 Å². The van der Waals surface area contributed by atoms with Crippen molar-refractivity contribution in [2.75, 3.05) is 7.05 Å². The third-order valence-electron chi connectivity index (χ3n) is 2.60. The van der Waals surface area contributed by atoms with Crippen LogP contribution in [0.3, 0.4) is 0 Å². The summed E-state index contributed by atoms with van der Waals surface area (Å²) in [6.07, 6.45) is 0.456. The first-order valence-corrected chi connectivity index (χ1v) is 5.33. The van der Waals surface area contributed by atoms with Gasteiger partial charge in [-0.25, -0.2) is 0 Å². The van der Waals surface area contributed by atoms with Gasteiger partial charge in [0.25, 0.3) is 0 Å². The summed E-state index contributed by atoms with van der Waals surface area (Å²) in [5, 5.41) is 14.0. The molecular formula is C12H18N2O2. The van der Waals surface area contributed by atoms with E-state index in [1.807, 2.05) is 31.3 Å². The molecule has 0 amide bonds. The quantitative estimate of drug-likeness (QED) is 0.612. The van der Waals surface area contributed by atoms with Gasteiger partial charge in [-0.05, 0) is 18.2 Å². The lowest BCUT2D eigenvalue weighted by atomic mass is 9.92.